The van der Waals surface area contributed by atoms with E-state index in [0.717, 1.165) is 11.9 Å². The van der Waals surface area contributed by atoms with Crippen LogP contribution in [-0.2, 0) is 16.6 Å². The fraction of sp³-hybridized carbons (Fsp3) is 0.714. The molecule has 0 aliphatic heterocycles. The molecule has 1 aromatic rings. The Balaban J connectivity index is 0.00000529. The van der Waals surface area contributed by atoms with Crippen molar-refractivity contribution in [3.05, 3.63) is 17.5 Å². The molecule has 140 valence electrons. The van der Waals surface area contributed by atoms with E-state index in [0.29, 0.717) is 30.7 Å². The van der Waals surface area contributed by atoms with Crippen molar-refractivity contribution in [3.63, 3.8) is 0 Å². The first-order chi connectivity index (χ1) is 10.5. The number of guanidine groups is 1. The molecule has 10 heteroatoms. The van der Waals surface area contributed by atoms with Gasteiger partial charge in [-0.15, -0.1) is 24.0 Å². The van der Waals surface area contributed by atoms with Gasteiger partial charge in [0.05, 0.1) is 18.5 Å². The Bertz CT molecular complexity index is 641. The molecule has 24 heavy (non-hydrogen) atoms. The fourth-order valence-electron chi connectivity index (χ4n) is 1.92. The Morgan fingerprint density at radius 3 is 2.46 bits per heavy atom. The third-order valence-electron chi connectivity index (χ3n) is 2.98. The highest BCUT2D eigenvalue weighted by atomic mass is 127. The molecule has 0 unspecified atom stereocenters. The third-order valence-corrected chi connectivity index (χ3v) is 3.91. The molecule has 0 fully saturated rings. The monoisotopic (exact) mass is 473 g/mol. The average molecular weight is 473 g/mol. The van der Waals surface area contributed by atoms with Crippen LogP contribution in [0.5, 0.6) is 0 Å². The van der Waals surface area contributed by atoms with Gasteiger partial charge in [0.15, 0.2) is 11.7 Å². The van der Waals surface area contributed by atoms with Crippen LogP contribution < -0.4 is 15.4 Å². The van der Waals surface area contributed by atoms with E-state index < -0.39 is 15.6 Å². The maximum absolute atomic E-state index is 11.3. The number of nitrogens with zero attached hydrogens (tertiary/aromatic N) is 2. The highest BCUT2D eigenvalue weighted by Gasteiger charge is 2.22. The number of sulfonamides is 1. The van der Waals surface area contributed by atoms with E-state index >= 15 is 0 Å². The van der Waals surface area contributed by atoms with Gasteiger partial charge in [-0.3, -0.25) is 4.99 Å². The third kappa shape index (κ3) is 8.83. The molecule has 0 bridgehead atoms. The summed E-state index contributed by atoms with van der Waals surface area (Å²) in [6, 6.07) is 1.90. The second kappa shape index (κ2) is 9.56. The summed E-state index contributed by atoms with van der Waals surface area (Å²) in [6.07, 6.45) is 1.14. The van der Waals surface area contributed by atoms with Gasteiger partial charge in [-0.25, -0.2) is 13.1 Å². The number of nitrogens with one attached hydrogen (secondary N) is 3. The van der Waals surface area contributed by atoms with E-state index in [9.17, 15) is 8.42 Å². The van der Waals surface area contributed by atoms with Crippen molar-refractivity contribution in [1.29, 1.82) is 0 Å². The number of hydrogen-bond donors (Lipinski definition) is 3. The van der Waals surface area contributed by atoms with Crippen molar-refractivity contribution in [1.82, 2.24) is 20.5 Å². The van der Waals surface area contributed by atoms with Gasteiger partial charge in [-0.2, -0.15) is 0 Å². The lowest BCUT2D eigenvalue weighted by atomic mass is 10.1. The summed E-state index contributed by atoms with van der Waals surface area (Å²) in [4.78, 5) is 4.10. The zero-order chi connectivity index (χ0) is 17.7. The number of rotatable bonds is 7. The zero-order valence-corrected chi connectivity index (χ0v) is 18.2. The van der Waals surface area contributed by atoms with Crippen LogP contribution >= 0.6 is 24.0 Å². The highest BCUT2D eigenvalue weighted by Crippen LogP contribution is 2.13. The molecule has 0 aromatic carbocycles. The van der Waals surface area contributed by atoms with Crippen molar-refractivity contribution in [2.24, 2.45) is 4.99 Å². The second-order valence-electron chi connectivity index (χ2n) is 6.41. The van der Waals surface area contributed by atoms with E-state index in [1.165, 1.54) is 0 Å². The largest absolute Gasteiger partial charge is 0.359 e. The zero-order valence-electron chi connectivity index (χ0n) is 15.0. The Labute approximate surface area is 161 Å². The fourth-order valence-corrected chi connectivity index (χ4v) is 2.99. The van der Waals surface area contributed by atoms with E-state index in [1.54, 1.807) is 20.9 Å². The molecule has 3 N–H and O–H groups in total. The quantitative estimate of drug-likeness (QED) is 0.314. The van der Waals surface area contributed by atoms with Gasteiger partial charge in [0.1, 0.15) is 0 Å². The van der Waals surface area contributed by atoms with E-state index in [1.807, 2.05) is 19.9 Å². The Morgan fingerprint density at radius 1 is 1.38 bits per heavy atom. The van der Waals surface area contributed by atoms with Crippen molar-refractivity contribution in [2.75, 3.05) is 19.8 Å². The van der Waals surface area contributed by atoms with Crippen molar-refractivity contribution >= 4 is 40.0 Å². The van der Waals surface area contributed by atoms with E-state index in [-0.39, 0.29) is 24.0 Å². The number of aliphatic imine (C=N–C) groups is 1. The number of hydrogen-bond acceptors (Lipinski definition) is 5. The first kappa shape index (κ1) is 23.1. The van der Waals surface area contributed by atoms with Crippen LogP contribution in [0.25, 0.3) is 0 Å². The van der Waals surface area contributed by atoms with Crippen molar-refractivity contribution < 1.29 is 12.9 Å². The summed E-state index contributed by atoms with van der Waals surface area (Å²) in [6.45, 7) is 8.50. The van der Waals surface area contributed by atoms with Crippen LogP contribution in [0.1, 0.15) is 45.1 Å². The van der Waals surface area contributed by atoms with Gasteiger partial charge in [0.2, 0.25) is 10.0 Å². The van der Waals surface area contributed by atoms with Crippen LogP contribution in [0, 0.1) is 0 Å². The average Bonchev–Trinajstić information content (AvgIpc) is 2.85. The van der Waals surface area contributed by atoms with Gasteiger partial charge in [0, 0.05) is 25.2 Å². The van der Waals surface area contributed by atoms with E-state index in [2.05, 4.69) is 25.5 Å². The van der Waals surface area contributed by atoms with Crippen LogP contribution in [0.15, 0.2) is 15.6 Å². The van der Waals surface area contributed by atoms with Gasteiger partial charge in [0.25, 0.3) is 0 Å². The first-order valence-corrected chi connectivity index (χ1v) is 9.30. The Hall–Kier alpha value is -0.880. The molecule has 0 aliphatic carbocycles. The molecule has 8 nitrogen and oxygen atoms in total. The highest BCUT2D eigenvalue weighted by molar-refractivity contribution is 14.0. The molecule has 1 heterocycles. The summed E-state index contributed by atoms with van der Waals surface area (Å²) >= 11 is 0. The minimum absolute atomic E-state index is 0. The normalized spacial score (nSPS) is 12.9. The molecular weight excluding hydrogens is 445 g/mol. The van der Waals surface area contributed by atoms with Crippen LogP contribution in [0.3, 0.4) is 0 Å². The predicted molar refractivity (Wildman–Crippen MR) is 106 cm³/mol. The lowest BCUT2D eigenvalue weighted by Crippen LogP contribution is -2.52. The molecule has 0 saturated carbocycles. The van der Waals surface area contributed by atoms with Crippen molar-refractivity contribution in [3.8, 4) is 0 Å². The molecule has 0 saturated heterocycles. The lowest BCUT2D eigenvalue weighted by Gasteiger charge is -2.26. The topological polar surface area (TPSA) is 109 Å². The summed E-state index contributed by atoms with van der Waals surface area (Å²) in [5.41, 5.74) is 0.269. The SMILES string of the molecule is CN=C(NCc1cc(C(C)C)no1)NCC(C)(C)NS(C)(=O)=O.I. The molecule has 0 atom stereocenters. The van der Waals surface area contributed by atoms with Crippen LogP contribution in [0.4, 0.5) is 0 Å². The van der Waals surface area contributed by atoms with E-state index in [4.69, 9.17) is 4.52 Å². The molecule has 1 rings (SSSR count). The van der Waals surface area contributed by atoms with Gasteiger partial charge in [-0.05, 0) is 19.8 Å². The smallest absolute Gasteiger partial charge is 0.209 e. The van der Waals surface area contributed by atoms with Gasteiger partial charge >= 0.3 is 0 Å². The Morgan fingerprint density at radius 2 is 2.00 bits per heavy atom. The first-order valence-electron chi connectivity index (χ1n) is 7.41. The molecule has 0 spiro atoms. The molecule has 0 amide bonds. The number of halogens is 1. The summed E-state index contributed by atoms with van der Waals surface area (Å²) < 4.78 is 30.5. The summed E-state index contributed by atoms with van der Waals surface area (Å²) in [5.74, 6) is 1.58. The summed E-state index contributed by atoms with van der Waals surface area (Å²) in [7, 11) is -1.63. The molecule has 0 aliphatic rings. The maximum Gasteiger partial charge on any atom is 0.209 e. The minimum Gasteiger partial charge on any atom is -0.359 e. The Kier molecular flexibility index (Phi) is 9.21. The molecule has 1 aromatic heterocycles. The molecular formula is C14H28IN5O3S. The summed E-state index contributed by atoms with van der Waals surface area (Å²) in [5, 5.41) is 10.2. The van der Waals surface area contributed by atoms with Crippen LogP contribution in [0.2, 0.25) is 0 Å². The molecule has 0 radical (unpaired) electrons. The van der Waals surface area contributed by atoms with Crippen LogP contribution in [-0.4, -0.2) is 44.9 Å². The predicted octanol–water partition coefficient (Wildman–Crippen LogP) is 1.41. The number of aromatic nitrogens is 1. The minimum atomic E-state index is -3.27. The second-order valence-corrected chi connectivity index (χ2v) is 8.16. The maximum atomic E-state index is 11.3. The van der Waals surface area contributed by atoms with Crippen molar-refractivity contribution in [2.45, 2.75) is 45.7 Å². The van der Waals surface area contributed by atoms with Gasteiger partial charge < -0.3 is 15.2 Å². The van der Waals surface area contributed by atoms with Gasteiger partial charge in [-0.1, -0.05) is 19.0 Å². The lowest BCUT2D eigenvalue weighted by molar-refractivity contribution is 0.371. The standard InChI is InChI=1S/C14H27N5O3S.HI/c1-10(2)12-7-11(22-18-12)8-16-13(15-5)17-9-14(3,4)19-23(6,20)21;/h7,10,19H,8-9H2,1-6H3,(H2,15,16,17);1H.